The van der Waals surface area contributed by atoms with E-state index in [0.29, 0.717) is 11.8 Å². The monoisotopic (exact) mass is 359 g/mol. The minimum atomic E-state index is 0.423. The maximum atomic E-state index is 4.39. The summed E-state index contributed by atoms with van der Waals surface area (Å²) in [5.74, 6) is 1.09. The number of fused-ring (bicyclic) bond motifs is 2. The summed E-state index contributed by atoms with van der Waals surface area (Å²) in [6.07, 6.45) is 6.17. The topological polar surface area (TPSA) is 69.4 Å². The van der Waals surface area contributed by atoms with Crippen molar-refractivity contribution in [2.24, 2.45) is 0 Å². The number of hydrogen-bond donors (Lipinski definition) is 3. The first kappa shape index (κ1) is 16.5. The molecule has 0 amide bonds. The van der Waals surface area contributed by atoms with E-state index in [1.54, 1.807) is 0 Å². The average molecular weight is 359 g/mol. The fourth-order valence-corrected chi connectivity index (χ4v) is 4.52. The van der Waals surface area contributed by atoms with Gasteiger partial charge < -0.3 is 10.3 Å². The second-order valence-electron chi connectivity index (χ2n) is 7.89. The van der Waals surface area contributed by atoms with E-state index in [0.717, 1.165) is 29.7 Å². The van der Waals surface area contributed by atoms with E-state index in [2.05, 4.69) is 63.6 Å². The lowest BCUT2D eigenvalue weighted by atomic mass is 9.88. The lowest BCUT2D eigenvalue weighted by Gasteiger charge is -2.23. The minimum Gasteiger partial charge on any atom is -0.354 e. The van der Waals surface area contributed by atoms with Gasteiger partial charge in [-0.2, -0.15) is 5.10 Å². The Morgan fingerprint density at radius 3 is 2.74 bits per heavy atom. The summed E-state index contributed by atoms with van der Waals surface area (Å²) in [5.41, 5.74) is 7.25. The van der Waals surface area contributed by atoms with Crippen LogP contribution in [-0.2, 0) is 0 Å². The first-order valence-corrected chi connectivity index (χ1v) is 9.87. The summed E-state index contributed by atoms with van der Waals surface area (Å²) in [6.45, 7) is 6.79. The Bertz CT molecular complexity index is 1100. The van der Waals surface area contributed by atoms with E-state index in [9.17, 15) is 0 Å². The number of aromatic nitrogens is 4. The van der Waals surface area contributed by atoms with Gasteiger partial charge in [0.25, 0.3) is 0 Å². The molecular formula is C22H25N5. The van der Waals surface area contributed by atoms with E-state index in [1.807, 2.05) is 12.4 Å². The van der Waals surface area contributed by atoms with Gasteiger partial charge >= 0.3 is 0 Å². The van der Waals surface area contributed by atoms with Crippen LogP contribution in [-0.4, -0.2) is 33.3 Å². The number of rotatable bonds is 3. The molecule has 1 aromatic carbocycles. The highest BCUT2D eigenvalue weighted by molar-refractivity contribution is 5.98. The van der Waals surface area contributed by atoms with E-state index >= 15 is 0 Å². The van der Waals surface area contributed by atoms with Crippen molar-refractivity contribution < 1.29 is 0 Å². The first-order chi connectivity index (χ1) is 13.2. The normalized spacial score (nSPS) is 16.0. The van der Waals surface area contributed by atoms with Crippen molar-refractivity contribution in [3.05, 3.63) is 47.8 Å². The van der Waals surface area contributed by atoms with Crippen LogP contribution in [0.4, 0.5) is 0 Å². The SMILES string of the molecule is CC(C)c1c(-c2ccnc3[nH]ncc23)[nH]c2ccc(C3CCNCC3)cc12. The van der Waals surface area contributed by atoms with Crippen molar-refractivity contribution in [1.82, 2.24) is 25.5 Å². The van der Waals surface area contributed by atoms with Crippen molar-refractivity contribution >= 4 is 21.9 Å². The Morgan fingerprint density at radius 2 is 1.93 bits per heavy atom. The predicted molar refractivity (Wildman–Crippen MR) is 110 cm³/mol. The van der Waals surface area contributed by atoms with Crippen LogP contribution in [0, 0.1) is 0 Å². The zero-order valence-electron chi connectivity index (χ0n) is 15.8. The van der Waals surface area contributed by atoms with Gasteiger partial charge in [0, 0.05) is 28.0 Å². The van der Waals surface area contributed by atoms with Gasteiger partial charge in [-0.05, 0) is 67.1 Å². The van der Waals surface area contributed by atoms with E-state index in [4.69, 9.17) is 0 Å². The van der Waals surface area contributed by atoms with Crippen LogP contribution in [0.25, 0.3) is 33.2 Å². The van der Waals surface area contributed by atoms with Crippen LogP contribution >= 0.6 is 0 Å². The van der Waals surface area contributed by atoms with Crippen LogP contribution in [0.3, 0.4) is 0 Å². The van der Waals surface area contributed by atoms with Gasteiger partial charge in [0.2, 0.25) is 0 Å². The number of benzene rings is 1. The van der Waals surface area contributed by atoms with Crippen LogP contribution < -0.4 is 5.32 Å². The maximum Gasteiger partial charge on any atom is 0.155 e. The Balaban J connectivity index is 1.71. The highest BCUT2D eigenvalue weighted by Gasteiger charge is 2.21. The molecule has 5 rings (SSSR count). The third kappa shape index (κ3) is 2.73. The highest BCUT2D eigenvalue weighted by Crippen LogP contribution is 2.39. The molecule has 0 unspecified atom stereocenters. The van der Waals surface area contributed by atoms with Gasteiger partial charge in [-0.3, -0.25) is 5.10 Å². The summed E-state index contributed by atoms with van der Waals surface area (Å²) in [7, 11) is 0. The Morgan fingerprint density at radius 1 is 1.07 bits per heavy atom. The summed E-state index contributed by atoms with van der Waals surface area (Å²) < 4.78 is 0. The quantitative estimate of drug-likeness (QED) is 0.497. The molecule has 1 aliphatic heterocycles. The first-order valence-electron chi connectivity index (χ1n) is 9.87. The van der Waals surface area contributed by atoms with Gasteiger partial charge in [0.05, 0.1) is 11.9 Å². The molecule has 0 bridgehead atoms. The summed E-state index contributed by atoms with van der Waals surface area (Å²) >= 11 is 0. The molecule has 5 heteroatoms. The molecule has 5 nitrogen and oxygen atoms in total. The maximum absolute atomic E-state index is 4.39. The predicted octanol–water partition coefficient (Wildman–Crippen LogP) is 4.70. The van der Waals surface area contributed by atoms with Crippen molar-refractivity contribution in [1.29, 1.82) is 0 Å². The second-order valence-corrected chi connectivity index (χ2v) is 7.89. The molecule has 3 aromatic heterocycles. The van der Waals surface area contributed by atoms with Gasteiger partial charge in [0.15, 0.2) is 5.65 Å². The number of hydrogen-bond acceptors (Lipinski definition) is 3. The van der Waals surface area contributed by atoms with Gasteiger partial charge in [0.1, 0.15) is 0 Å². The summed E-state index contributed by atoms with van der Waals surface area (Å²) in [5, 5.41) is 13.0. The molecule has 4 heterocycles. The van der Waals surface area contributed by atoms with Crippen molar-refractivity contribution in [3.63, 3.8) is 0 Å². The zero-order chi connectivity index (χ0) is 18.4. The molecule has 27 heavy (non-hydrogen) atoms. The molecule has 0 aliphatic carbocycles. The fraction of sp³-hybridized carbons (Fsp3) is 0.364. The van der Waals surface area contributed by atoms with Crippen molar-refractivity contribution in [2.75, 3.05) is 13.1 Å². The summed E-state index contributed by atoms with van der Waals surface area (Å²) in [4.78, 5) is 8.09. The van der Waals surface area contributed by atoms with E-state index in [-0.39, 0.29) is 0 Å². The van der Waals surface area contributed by atoms with Gasteiger partial charge in [-0.1, -0.05) is 19.9 Å². The second kappa shape index (κ2) is 6.50. The number of pyridine rings is 1. The minimum absolute atomic E-state index is 0.423. The Hall–Kier alpha value is -2.66. The van der Waals surface area contributed by atoms with Gasteiger partial charge in [-0.15, -0.1) is 0 Å². The number of aromatic amines is 2. The van der Waals surface area contributed by atoms with Crippen LogP contribution in [0.1, 0.15) is 49.7 Å². The molecule has 1 saturated heterocycles. The smallest absolute Gasteiger partial charge is 0.155 e. The largest absolute Gasteiger partial charge is 0.354 e. The lowest BCUT2D eigenvalue weighted by molar-refractivity contribution is 0.460. The molecule has 0 saturated carbocycles. The molecule has 0 spiro atoms. The van der Waals surface area contributed by atoms with Crippen LogP contribution in [0.5, 0.6) is 0 Å². The third-order valence-electron chi connectivity index (χ3n) is 5.87. The Labute approximate surface area is 158 Å². The van der Waals surface area contributed by atoms with E-state index < -0.39 is 0 Å². The molecule has 3 N–H and O–H groups in total. The third-order valence-corrected chi connectivity index (χ3v) is 5.87. The number of H-pyrrole nitrogens is 2. The molecule has 0 radical (unpaired) electrons. The molecule has 1 aliphatic rings. The van der Waals surface area contributed by atoms with Crippen LogP contribution in [0.2, 0.25) is 0 Å². The molecule has 138 valence electrons. The number of piperidine rings is 1. The molecular weight excluding hydrogens is 334 g/mol. The van der Waals surface area contributed by atoms with Crippen molar-refractivity contribution in [2.45, 2.75) is 38.5 Å². The standard InChI is InChI=1S/C22H25N5/c1-13(2)20-17-11-15(14-5-8-23-9-6-14)3-4-19(17)26-21(20)16-7-10-24-22-18(16)12-25-27-22/h3-4,7,10-14,23,26H,5-6,8-9H2,1-2H3,(H,24,25,27). The Kier molecular flexibility index (Phi) is 3.97. The molecule has 1 fully saturated rings. The van der Waals surface area contributed by atoms with Crippen LogP contribution in [0.15, 0.2) is 36.7 Å². The number of nitrogens with zero attached hydrogens (tertiary/aromatic N) is 2. The van der Waals surface area contributed by atoms with Crippen molar-refractivity contribution in [3.8, 4) is 11.3 Å². The highest BCUT2D eigenvalue weighted by atomic mass is 15.1. The van der Waals surface area contributed by atoms with Gasteiger partial charge in [-0.25, -0.2) is 4.98 Å². The average Bonchev–Trinajstić information content (AvgIpc) is 3.32. The molecule has 0 atom stereocenters. The zero-order valence-corrected chi connectivity index (χ0v) is 15.8. The fourth-order valence-electron chi connectivity index (χ4n) is 4.52. The number of nitrogens with one attached hydrogen (secondary N) is 3. The lowest BCUT2D eigenvalue weighted by Crippen LogP contribution is -2.26. The van der Waals surface area contributed by atoms with E-state index in [1.165, 1.54) is 40.6 Å². The summed E-state index contributed by atoms with van der Waals surface area (Å²) in [6, 6.07) is 9.08. The molecule has 4 aromatic rings.